The SMILES string of the molecule is CN(Cc1cccc(Cl)c1)C(=O)c1ccc(Br)cc1F. The average Bonchev–Trinajstić information content (AvgIpc) is 2.38. The molecule has 2 rings (SSSR count). The third-order valence-corrected chi connectivity index (χ3v) is 3.55. The maximum Gasteiger partial charge on any atom is 0.256 e. The lowest BCUT2D eigenvalue weighted by Crippen LogP contribution is -2.27. The molecule has 0 aliphatic carbocycles. The molecule has 20 heavy (non-hydrogen) atoms. The largest absolute Gasteiger partial charge is 0.337 e. The van der Waals surface area contributed by atoms with Gasteiger partial charge in [0.25, 0.3) is 5.91 Å². The van der Waals surface area contributed by atoms with E-state index >= 15 is 0 Å². The van der Waals surface area contributed by atoms with Gasteiger partial charge < -0.3 is 4.90 Å². The first-order chi connectivity index (χ1) is 9.47. The van der Waals surface area contributed by atoms with Gasteiger partial charge in [0.1, 0.15) is 5.82 Å². The predicted molar refractivity (Wildman–Crippen MR) is 81.3 cm³/mol. The predicted octanol–water partition coefficient (Wildman–Crippen LogP) is 4.51. The summed E-state index contributed by atoms with van der Waals surface area (Å²) in [6.45, 7) is 0.370. The van der Waals surface area contributed by atoms with Gasteiger partial charge in [0.2, 0.25) is 0 Å². The molecule has 104 valence electrons. The van der Waals surface area contributed by atoms with Crippen molar-refractivity contribution in [2.45, 2.75) is 6.54 Å². The van der Waals surface area contributed by atoms with Crippen LogP contribution in [0.25, 0.3) is 0 Å². The van der Waals surface area contributed by atoms with E-state index in [9.17, 15) is 9.18 Å². The molecule has 0 atom stereocenters. The van der Waals surface area contributed by atoms with Crippen LogP contribution < -0.4 is 0 Å². The smallest absolute Gasteiger partial charge is 0.256 e. The molecule has 1 amide bonds. The first-order valence-electron chi connectivity index (χ1n) is 5.92. The van der Waals surface area contributed by atoms with Gasteiger partial charge in [0.15, 0.2) is 0 Å². The summed E-state index contributed by atoms with van der Waals surface area (Å²) in [6, 6.07) is 11.6. The molecule has 0 bridgehead atoms. The number of benzene rings is 2. The Morgan fingerprint density at radius 3 is 2.70 bits per heavy atom. The van der Waals surface area contributed by atoms with E-state index in [2.05, 4.69) is 15.9 Å². The van der Waals surface area contributed by atoms with Crippen LogP contribution >= 0.6 is 27.5 Å². The first kappa shape index (κ1) is 15.0. The van der Waals surface area contributed by atoms with Crippen molar-refractivity contribution in [1.82, 2.24) is 4.90 Å². The third-order valence-electron chi connectivity index (χ3n) is 2.82. The quantitative estimate of drug-likeness (QED) is 0.792. The number of hydrogen-bond donors (Lipinski definition) is 0. The molecule has 0 radical (unpaired) electrons. The standard InChI is InChI=1S/C15H12BrClFNO/c1-19(9-10-3-2-4-12(17)7-10)15(20)13-6-5-11(16)8-14(13)18/h2-8H,9H2,1H3. The summed E-state index contributed by atoms with van der Waals surface area (Å²) < 4.78 is 14.4. The maximum absolute atomic E-state index is 13.8. The number of rotatable bonds is 3. The Morgan fingerprint density at radius 1 is 1.30 bits per heavy atom. The number of carbonyl (C=O) groups excluding carboxylic acids is 1. The zero-order valence-electron chi connectivity index (χ0n) is 10.7. The highest BCUT2D eigenvalue weighted by molar-refractivity contribution is 9.10. The highest BCUT2D eigenvalue weighted by Gasteiger charge is 2.16. The van der Waals surface area contributed by atoms with E-state index in [1.807, 2.05) is 12.1 Å². The Kier molecular flexibility index (Phi) is 4.78. The third kappa shape index (κ3) is 3.58. The summed E-state index contributed by atoms with van der Waals surface area (Å²) in [5.41, 5.74) is 0.948. The minimum atomic E-state index is -0.540. The molecular weight excluding hydrogens is 345 g/mol. The molecule has 0 aliphatic heterocycles. The van der Waals surface area contributed by atoms with Gasteiger partial charge in [0.05, 0.1) is 5.56 Å². The second-order valence-electron chi connectivity index (χ2n) is 4.42. The lowest BCUT2D eigenvalue weighted by atomic mass is 10.1. The van der Waals surface area contributed by atoms with Gasteiger partial charge in [-0.25, -0.2) is 4.39 Å². The molecular formula is C15H12BrClFNO. The number of nitrogens with zero attached hydrogens (tertiary/aromatic N) is 1. The maximum atomic E-state index is 13.8. The minimum Gasteiger partial charge on any atom is -0.337 e. The molecule has 2 aromatic rings. The van der Waals surface area contributed by atoms with Crippen LogP contribution in [0.3, 0.4) is 0 Å². The summed E-state index contributed by atoms with van der Waals surface area (Å²) in [6.07, 6.45) is 0. The van der Waals surface area contributed by atoms with Crippen molar-refractivity contribution in [3.05, 3.63) is 68.9 Å². The Hall–Kier alpha value is -1.39. The van der Waals surface area contributed by atoms with E-state index < -0.39 is 5.82 Å². The molecule has 0 aromatic heterocycles. The van der Waals surface area contributed by atoms with Crippen LogP contribution in [0.15, 0.2) is 46.9 Å². The van der Waals surface area contributed by atoms with Gasteiger partial charge in [-0.05, 0) is 35.9 Å². The molecule has 2 nitrogen and oxygen atoms in total. The van der Waals surface area contributed by atoms with Crippen molar-refractivity contribution in [3.63, 3.8) is 0 Å². The van der Waals surface area contributed by atoms with Crippen LogP contribution in [0.4, 0.5) is 4.39 Å². The lowest BCUT2D eigenvalue weighted by molar-refractivity contribution is 0.0780. The molecule has 0 N–H and O–H groups in total. The van der Waals surface area contributed by atoms with Crippen LogP contribution in [0.1, 0.15) is 15.9 Å². The van der Waals surface area contributed by atoms with E-state index in [1.165, 1.54) is 17.0 Å². The number of amides is 1. The molecule has 2 aromatic carbocycles. The van der Waals surface area contributed by atoms with Crippen molar-refractivity contribution in [2.24, 2.45) is 0 Å². The monoisotopic (exact) mass is 355 g/mol. The Morgan fingerprint density at radius 2 is 2.05 bits per heavy atom. The summed E-state index contributed by atoms with van der Waals surface area (Å²) in [5.74, 6) is -0.905. The van der Waals surface area contributed by atoms with E-state index in [0.717, 1.165) is 5.56 Å². The van der Waals surface area contributed by atoms with Gasteiger partial charge in [0, 0.05) is 23.1 Å². The topological polar surface area (TPSA) is 20.3 Å². The molecule has 0 aliphatic rings. The van der Waals surface area contributed by atoms with E-state index in [-0.39, 0.29) is 11.5 Å². The first-order valence-corrected chi connectivity index (χ1v) is 7.09. The molecule has 5 heteroatoms. The molecule has 0 unspecified atom stereocenters. The fourth-order valence-electron chi connectivity index (χ4n) is 1.85. The second-order valence-corrected chi connectivity index (χ2v) is 5.77. The van der Waals surface area contributed by atoms with Gasteiger partial charge in [-0.2, -0.15) is 0 Å². The highest BCUT2D eigenvalue weighted by atomic mass is 79.9. The van der Waals surface area contributed by atoms with E-state index in [1.54, 1.807) is 25.2 Å². The van der Waals surface area contributed by atoms with Crippen molar-refractivity contribution in [1.29, 1.82) is 0 Å². The zero-order valence-corrected chi connectivity index (χ0v) is 13.1. The van der Waals surface area contributed by atoms with Gasteiger partial charge in [-0.3, -0.25) is 4.79 Å². The summed E-state index contributed by atoms with van der Waals surface area (Å²) >= 11 is 9.06. The lowest BCUT2D eigenvalue weighted by Gasteiger charge is -2.18. The summed E-state index contributed by atoms with van der Waals surface area (Å²) in [7, 11) is 1.63. The summed E-state index contributed by atoms with van der Waals surface area (Å²) in [5, 5.41) is 0.609. The van der Waals surface area contributed by atoms with Crippen molar-refractivity contribution in [2.75, 3.05) is 7.05 Å². The Balaban J connectivity index is 2.16. The van der Waals surface area contributed by atoms with Crippen LogP contribution in [0, 0.1) is 5.82 Å². The van der Waals surface area contributed by atoms with Crippen LogP contribution in [-0.4, -0.2) is 17.9 Å². The molecule has 0 heterocycles. The second kappa shape index (κ2) is 6.37. The van der Waals surface area contributed by atoms with Crippen LogP contribution in [-0.2, 0) is 6.54 Å². The fraction of sp³-hybridized carbons (Fsp3) is 0.133. The Labute approximate surface area is 130 Å². The molecule has 0 saturated carbocycles. The summed E-state index contributed by atoms with van der Waals surface area (Å²) in [4.78, 5) is 13.7. The Bertz CT molecular complexity index is 648. The van der Waals surface area contributed by atoms with E-state index in [4.69, 9.17) is 11.6 Å². The number of halogens is 3. The molecule has 0 saturated heterocycles. The van der Waals surface area contributed by atoms with Gasteiger partial charge in [-0.15, -0.1) is 0 Å². The number of carbonyl (C=O) groups is 1. The highest BCUT2D eigenvalue weighted by Crippen LogP contribution is 2.18. The average molecular weight is 357 g/mol. The van der Waals surface area contributed by atoms with Crippen LogP contribution in [0.5, 0.6) is 0 Å². The van der Waals surface area contributed by atoms with Gasteiger partial charge in [-0.1, -0.05) is 39.7 Å². The zero-order chi connectivity index (χ0) is 14.7. The van der Waals surface area contributed by atoms with E-state index in [0.29, 0.717) is 16.0 Å². The van der Waals surface area contributed by atoms with Crippen molar-refractivity contribution < 1.29 is 9.18 Å². The normalized spacial score (nSPS) is 10.4. The van der Waals surface area contributed by atoms with Gasteiger partial charge >= 0.3 is 0 Å². The van der Waals surface area contributed by atoms with Crippen LogP contribution in [0.2, 0.25) is 5.02 Å². The fourth-order valence-corrected chi connectivity index (χ4v) is 2.40. The molecule has 0 fully saturated rings. The minimum absolute atomic E-state index is 0.0535. The number of hydrogen-bond acceptors (Lipinski definition) is 1. The van der Waals surface area contributed by atoms with Crippen molar-refractivity contribution >= 4 is 33.4 Å². The molecule has 0 spiro atoms. The van der Waals surface area contributed by atoms with Crippen molar-refractivity contribution in [3.8, 4) is 0 Å².